The van der Waals surface area contributed by atoms with E-state index in [1.807, 2.05) is 37.3 Å². The second-order valence-corrected chi connectivity index (χ2v) is 6.30. The molecular weight excluding hydrogens is 285 g/mol. The van der Waals surface area contributed by atoms with Crippen LogP contribution in [0.4, 0.5) is 4.39 Å². The van der Waals surface area contributed by atoms with Crippen LogP contribution in [0.15, 0.2) is 48.5 Å². The van der Waals surface area contributed by atoms with E-state index in [1.165, 1.54) is 6.07 Å². The smallest absolute Gasteiger partial charge is 0.255 e. The highest BCUT2D eigenvalue weighted by Gasteiger charge is 2.32. The molecule has 2 nitrogen and oxygen atoms in total. The number of benzene rings is 2. The third-order valence-electron chi connectivity index (χ3n) is 3.62. The Morgan fingerprint density at radius 3 is 2.62 bits per heavy atom. The van der Waals surface area contributed by atoms with Crippen molar-refractivity contribution >= 4 is 17.7 Å². The van der Waals surface area contributed by atoms with Gasteiger partial charge < -0.3 is 4.90 Å². The number of hydrogen-bond donors (Lipinski definition) is 0. The second kappa shape index (κ2) is 5.90. The van der Waals surface area contributed by atoms with E-state index >= 15 is 0 Å². The Morgan fingerprint density at radius 1 is 1.19 bits per heavy atom. The number of aryl methyl sites for hydroxylation is 1. The number of hydrogen-bond acceptors (Lipinski definition) is 2. The SMILES string of the molecule is Cc1ccc(C(=O)N2CCSC2c2ccccc2F)cc1. The molecule has 0 aromatic heterocycles. The second-order valence-electron chi connectivity index (χ2n) is 5.11. The third kappa shape index (κ3) is 2.81. The van der Waals surface area contributed by atoms with Crippen molar-refractivity contribution in [2.24, 2.45) is 0 Å². The maximum Gasteiger partial charge on any atom is 0.255 e. The van der Waals surface area contributed by atoms with Crippen molar-refractivity contribution in [2.45, 2.75) is 12.3 Å². The summed E-state index contributed by atoms with van der Waals surface area (Å²) in [5.41, 5.74) is 2.36. The molecule has 0 aliphatic carbocycles. The van der Waals surface area contributed by atoms with Crippen molar-refractivity contribution in [1.29, 1.82) is 0 Å². The first-order valence-corrected chi connectivity index (χ1v) is 7.95. The van der Waals surface area contributed by atoms with Crippen LogP contribution >= 0.6 is 11.8 Å². The van der Waals surface area contributed by atoms with Gasteiger partial charge in [-0.1, -0.05) is 35.9 Å². The van der Waals surface area contributed by atoms with E-state index in [-0.39, 0.29) is 17.1 Å². The maximum atomic E-state index is 14.0. The number of amides is 1. The fourth-order valence-electron chi connectivity index (χ4n) is 2.47. The van der Waals surface area contributed by atoms with E-state index in [1.54, 1.807) is 28.8 Å². The van der Waals surface area contributed by atoms with Gasteiger partial charge in [0.25, 0.3) is 5.91 Å². The molecule has 108 valence electrons. The summed E-state index contributed by atoms with van der Waals surface area (Å²) in [7, 11) is 0. The summed E-state index contributed by atoms with van der Waals surface area (Å²) >= 11 is 1.61. The molecule has 2 aromatic rings. The molecular formula is C17H16FNOS. The Balaban J connectivity index is 1.89. The molecule has 0 N–H and O–H groups in total. The van der Waals surface area contributed by atoms with Gasteiger partial charge in [0.2, 0.25) is 0 Å². The van der Waals surface area contributed by atoms with Crippen LogP contribution in [-0.4, -0.2) is 23.1 Å². The van der Waals surface area contributed by atoms with Gasteiger partial charge in [0.05, 0.1) is 0 Å². The monoisotopic (exact) mass is 301 g/mol. The summed E-state index contributed by atoms with van der Waals surface area (Å²) in [4.78, 5) is 14.4. The maximum absolute atomic E-state index is 14.0. The zero-order chi connectivity index (χ0) is 14.8. The van der Waals surface area contributed by atoms with Crippen molar-refractivity contribution in [3.8, 4) is 0 Å². The van der Waals surface area contributed by atoms with Crippen molar-refractivity contribution in [3.05, 3.63) is 71.0 Å². The van der Waals surface area contributed by atoms with Crippen LogP contribution in [0.25, 0.3) is 0 Å². The number of carbonyl (C=O) groups excluding carboxylic acids is 1. The van der Waals surface area contributed by atoms with E-state index in [9.17, 15) is 9.18 Å². The Labute approximate surface area is 128 Å². The number of rotatable bonds is 2. The standard InChI is InChI=1S/C17H16FNOS/c1-12-6-8-13(9-7-12)16(20)19-10-11-21-17(19)14-4-2-3-5-15(14)18/h2-9,17H,10-11H2,1H3. The molecule has 1 amide bonds. The van der Waals surface area contributed by atoms with Gasteiger partial charge in [0.1, 0.15) is 11.2 Å². The first-order chi connectivity index (χ1) is 10.2. The zero-order valence-electron chi connectivity index (χ0n) is 11.8. The van der Waals surface area contributed by atoms with Gasteiger partial charge in [-0.3, -0.25) is 4.79 Å². The molecule has 21 heavy (non-hydrogen) atoms. The average Bonchev–Trinajstić information content (AvgIpc) is 2.97. The van der Waals surface area contributed by atoms with Gasteiger partial charge in [-0.25, -0.2) is 4.39 Å². The van der Waals surface area contributed by atoms with Crippen LogP contribution < -0.4 is 0 Å². The summed E-state index contributed by atoms with van der Waals surface area (Å²) < 4.78 is 14.0. The molecule has 1 unspecified atom stereocenters. The molecule has 2 aromatic carbocycles. The van der Waals surface area contributed by atoms with Crippen LogP contribution in [-0.2, 0) is 0 Å². The first kappa shape index (κ1) is 14.1. The van der Waals surface area contributed by atoms with Crippen LogP contribution in [0.2, 0.25) is 0 Å². The minimum Gasteiger partial charge on any atom is -0.322 e. The van der Waals surface area contributed by atoms with Crippen molar-refractivity contribution in [2.75, 3.05) is 12.3 Å². The third-order valence-corrected chi connectivity index (χ3v) is 4.86. The Kier molecular flexibility index (Phi) is 3.97. The summed E-state index contributed by atoms with van der Waals surface area (Å²) in [6.45, 7) is 2.64. The average molecular weight is 301 g/mol. The number of thioether (sulfide) groups is 1. The predicted octanol–water partition coefficient (Wildman–Crippen LogP) is 4.02. The fourth-order valence-corrected chi connectivity index (χ4v) is 3.75. The molecule has 1 aliphatic heterocycles. The predicted molar refractivity (Wildman–Crippen MR) is 83.8 cm³/mol. The van der Waals surface area contributed by atoms with Gasteiger partial charge in [-0.15, -0.1) is 11.8 Å². The normalized spacial score (nSPS) is 18.0. The van der Waals surface area contributed by atoms with Crippen LogP contribution in [0.3, 0.4) is 0 Å². The van der Waals surface area contributed by atoms with Crippen molar-refractivity contribution < 1.29 is 9.18 Å². The zero-order valence-corrected chi connectivity index (χ0v) is 12.6. The van der Waals surface area contributed by atoms with E-state index in [0.29, 0.717) is 17.7 Å². The lowest BCUT2D eigenvalue weighted by Crippen LogP contribution is -2.30. The topological polar surface area (TPSA) is 20.3 Å². The molecule has 1 fully saturated rings. The quantitative estimate of drug-likeness (QED) is 0.835. The van der Waals surface area contributed by atoms with E-state index in [2.05, 4.69) is 0 Å². The highest BCUT2D eigenvalue weighted by atomic mass is 32.2. The van der Waals surface area contributed by atoms with Gasteiger partial charge >= 0.3 is 0 Å². The van der Waals surface area contributed by atoms with Gasteiger partial charge in [0, 0.05) is 23.4 Å². The lowest BCUT2D eigenvalue weighted by atomic mass is 10.1. The number of carbonyl (C=O) groups is 1. The Hall–Kier alpha value is -1.81. The van der Waals surface area contributed by atoms with Gasteiger partial charge in [0.15, 0.2) is 0 Å². The van der Waals surface area contributed by atoms with Crippen LogP contribution in [0.1, 0.15) is 26.9 Å². The van der Waals surface area contributed by atoms with Crippen molar-refractivity contribution in [1.82, 2.24) is 4.90 Å². The highest BCUT2D eigenvalue weighted by molar-refractivity contribution is 7.99. The largest absolute Gasteiger partial charge is 0.322 e. The minimum absolute atomic E-state index is 0.0340. The molecule has 1 heterocycles. The summed E-state index contributed by atoms with van der Waals surface area (Å²) in [5.74, 6) is 0.545. The fraction of sp³-hybridized carbons (Fsp3) is 0.235. The molecule has 3 rings (SSSR count). The molecule has 0 radical (unpaired) electrons. The lowest BCUT2D eigenvalue weighted by molar-refractivity contribution is 0.0759. The molecule has 1 saturated heterocycles. The van der Waals surface area contributed by atoms with Crippen LogP contribution in [0.5, 0.6) is 0 Å². The minimum atomic E-state index is -0.251. The van der Waals surface area contributed by atoms with E-state index in [4.69, 9.17) is 0 Å². The summed E-state index contributed by atoms with van der Waals surface area (Å²) in [6.07, 6.45) is 0. The molecule has 4 heteroatoms. The van der Waals surface area contributed by atoms with Crippen molar-refractivity contribution in [3.63, 3.8) is 0 Å². The molecule has 0 saturated carbocycles. The Bertz CT molecular complexity index is 656. The number of nitrogens with zero attached hydrogens (tertiary/aromatic N) is 1. The van der Waals surface area contributed by atoms with Crippen LogP contribution in [0, 0.1) is 12.7 Å². The van der Waals surface area contributed by atoms with E-state index < -0.39 is 0 Å². The van der Waals surface area contributed by atoms with Gasteiger partial charge in [-0.05, 0) is 25.1 Å². The number of halogens is 1. The molecule has 0 spiro atoms. The molecule has 0 bridgehead atoms. The molecule has 1 atom stereocenters. The molecule has 1 aliphatic rings. The lowest BCUT2D eigenvalue weighted by Gasteiger charge is -2.24. The first-order valence-electron chi connectivity index (χ1n) is 6.90. The highest BCUT2D eigenvalue weighted by Crippen LogP contribution is 2.39. The van der Waals surface area contributed by atoms with Gasteiger partial charge in [-0.2, -0.15) is 0 Å². The van der Waals surface area contributed by atoms with E-state index in [0.717, 1.165) is 11.3 Å². The summed E-state index contributed by atoms with van der Waals surface area (Å²) in [5, 5.41) is -0.236. The Morgan fingerprint density at radius 2 is 1.90 bits per heavy atom. The summed E-state index contributed by atoms with van der Waals surface area (Å²) in [6, 6.07) is 14.2.